The highest BCUT2D eigenvalue weighted by Gasteiger charge is 2.56. The molecule has 9 heteroatoms. The molecule has 1 heterocycles. The predicted octanol–water partition coefficient (Wildman–Crippen LogP) is 2.66. The van der Waals surface area contributed by atoms with Crippen LogP contribution in [0.3, 0.4) is 0 Å². The lowest BCUT2D eigenvalue weighted by atomic mass is 9.49. The van der Waals surface area contributed by atoms with Crippen LogP contribution in [-0.4, -0.2) is 77.1 Å². The molecule has 228 valence electrons. The van der Waals surface area contributed by atoms with E-state index in [9.17, 15) is 24.9 Å². The van der Waals surface area contributed by atoms with Crippen molar-refractivity contribution < 1.29 is 34.4 Å². The Morgan fingerprint density at radius 2 is 1.79 bits per heavy atom. The second-order valence-corrected chi connectivity index (χ2v) is 14.0. The molecule has 9 nitrogen and oxygen atoms in total. The fourth-order valence-corrected chi connectivity index (χ4v) is 9.68. The highest BCUT2D eigenvalue weighted by molar-refractivity contribution is 5.96. The Labute approximate surface area is 247 Å². The summed E-state index contributed by atoms with van der Waals surface area (Å²) in [4.78, 5) is 29.8. The predicted molar refractivity (Wildman–Crippen MR) is 154 cm³/mol. The number of hydrogen-bond acceptors (Lipinski definition) is 7. The van der Waals surface area contributed by atoms with E-state index in [-0.39, 0.29) is 42.9 Å². The highest BCUT2D eigenvalue weighted by atomic mass is 16.5. The molecule has 42 heavy (non-hydrogen) atoms. The first-order valence-electron chi connectivity index (χ1n) is 15.9. The van der Waals surface area contributed by atoms with Crippen LogP contribution in [0.1, 0.15) is 74.8 Å². The SMILES string of the molecule is COc1cc(CO)cc2c1O[C@@H]1[C@@H](O)[C@H](N(CC34CC5CC(CC(C5)C3)C4)C(=O)C3CCC3)C=C(C(=O)NCCO)[C@H]21. The van der Waals surface area contributed by atoms with Gasteiger partial charge in [0, 0.05) is 30.1 Å². The molecule has 5 fully saturated rings. The van der Waals surface area contributed by atoms with Gasteiger partial charge in [0.2, 0.25) is 11.8 Å². The molecule has 1 aromatic rings. The smallest absolute Gasteiger partial charge is 0.247 e. The lowest BCUT2D eigenvalue weighted by Gasteiger charge is -2.58. The van der Waals surface area contributed by atoms with Crippen LogP contribution in [0, 0.1) is 29.1 Å². The van der Waals surface area contributed by atoms with Crippen molar-refractivity contribution in [3.05, 3.63) is 34.9 Å². The first-order chi connectivity index (χ1) is 20.3. The van der Waals surface area contributed by atoms with Gasteiger partial charge in [0.15, 0.2) is 11.5 Å². The zero-order valence-electron chi connectivity index (χ0n) is 24.5. The molecule has 6 aliphatic carbocycles. The summed E-state index contributed by atoms with van der Waals surface area (Å²) in [6, 6.07) is 2.80. The number of carbonyl (C=O) groups is 2. The molecular weight excluding hydrogens is 536 g/mol. The van der Waals surface area contributed by atoms with Crippen LogP contribution in [0.4, 0.5) is 0 Å². The maximum atomic E-state index is 14.2. The van der Waals surface area contributed by atoms with E-state index in [1.807, 2.05) is 4.90 Å². The van der Waals surface area contributed by atoms with Gasteiger partial charge in [-0.25, -0.2) is 0 Å². The number of hydrogen-bond donors (Lipinski definition) is 4. The highest BCUT2D eigenvalue weighted by Crippen LogP contribution is 2.61. The number of nitrogens with one attached hydrogen (secondary N) is 1. The van der Waals surface area contributed by atoms with Crippen molar-refractivity contribution in [3.63, 3.8) is 0 Å². The lowest BCUT2D eigenvalue weighted by molar-refractivity contribution is -0.151. The van der Waals surface area contributed by atoms with Crippen molar-refractivity contribution >= 4 is 11.8 Å². The van der Waals surface area contributed by atoms with E-state index in [0.717, 1.165) is 56.3 Å². The van der Waals surface area contributed by atoms with Crippen molar-refractivity contribution in [3.8, 4) is 11.5 Å². The number of aliphatic hydroxyl groups is 3. The van der Waals surface area contributed by atoms with Crippen LogP contribution in [0.2, 0.25) is 0 Å². The van der Waals surface area contributed by atoms with Crippen molar-refractivity contribution in [2.45, 2.75) is 88.6 Å². The van der Waals surface area contributed by atoms with Crippen LogP contribution in [0.15, 0.2) is 23.8 Å². The van der Waals surface area contributed by atoms with Gasteiger partial charge in [0.25, 0.3) is 0 Å². The number of nitrogens with zero attached hydrogens (tertiary/aromatic N) is 1. The number of benzene rings is 1. The topological polar surface area (TPSA) is 129 Å². The first kappa shape index (κ1) is 28.2. The van der Waals surface area contributed by atoms with Crippen LogP contribution >= 0.6 is 0 Å². The second-order valence-electron chi connectivity index (χ2n) is 14.0. The molecule has 4 atom stereocenters. The number of rotatable bonds is 9. The maximum absolute atomic E-state index is 14.2. The quantitative estimate of drug-likeness (QED) is 0.354. The molecular formula is C33H44N2O7. The van der Waals surface area contributed by atoms with E-state index >= 15 is 0 Å². The summed E-state index contributed by atoms with van der Waals surface area (Å²) < 4.78 is 12.0. The second kappa shape index (κ2) is 10.8. The molecule has 2 amide bonds. The summed E-state index contributed by atoms with van der Waals surface area (Å²) in [7, 11) is 1.52. The van der Waals surface area contributed by atoms with Gasteiger partial charge in [0.1, 0.15) is 12.2 Å². The van der Waals surface area contributed by atoms with E-state index < -0.39 is 24.2 Å². The van der Waals surface area contributed by atoms with Gasteiger partial charge < -0.3 is 35.0 Å². The van der Waals surface area contributed by atoms with E-state index in [1.54, 1.807) is 18.2 Å². The monoisotopic (exact) mass is 580 g/mol. The van der Waals surface area contributed by atoms with Gasteiger partial charge >= 0.3 is 0 Å². The molecule has 0 unspecified atom stereocenters. The molecule has 8 rings (SSSR count). The molecule has 0 spiro atoms. The number of methoxy groups -OCH3 is 1. The molecule has 0 saturated heterocycles. The van der Waals surface area contributed by atoms with Gasteiger partial charge in [-0.1, -0.05) is 6.42 Å². The Kier molecular flexibility index (Phi) is 7.26. The molecule has 5 saturated carbocycles. The third kappa shape index (κ3) is 4.63. The van der Waals surface area contributed by atoms with Gasteiger partial charge in [0.05, 0.1) is 32.3 Å². The third-order valence-electron chi connectivity index (χ3n) is 11.3. The third-order valence-corrected chi connectivity index (χ3v) is 11.3. The van der Waals surface area contributed by atoms with Crippen molar-refractivity contribution in [2.75, 3.05) is 26.8 Å². The zero-order chi connectivity index (χ0) is 29.2. The minimum absolute atomic E-state index is 0.0437. The molecule has 1 aliphatic heterocycles. The minimum Gasteiger partial charge on any atom is -0.493 e. The van der Waals surface area contributed by atoms with E-state index in [2.05, 4.69) is 5.32 Å². The Hall–Kier alpha value is -2.62. The number of ether oxygens (including phenoxy) is 2. The summed E-state index contributed by atoms with van der Waals surface area (Å²) in [5.41, 5.74) is 1.77. The average Bonchev–Trinajstić information content (AvgIpc) is 3.33. The summed E-state index contributed by atoms with van der Waals surface area (Å²) in [6.45, 7) is 0.286. The molecule has 4 bridgehead atoms. The summed E-state index contributed by atoms with van der Waals surface area (Å²) >= 11 is 0. The number of amides is 2. The Morgan fingerprint density at radius 3 is 2.36 bits per heavy atom. The lowest BCUT2D eigenvalue weighted by Crippen LogP contribution is -2.61. The van der Waals surface area contributed by atoms with Crippen molar-refractivity contribution in [2.24, 2.45) is 29.1 Å². The Morgan fingerprint density at radius 1 is 1.10 bits per heavy atom. The van der Waals surface area contributed by atoms with Crippen LogP contribution in [0.5, 0.6) is 11.5 Å². The molecule has 7 aliphatic rings. The van der Waals surface area contributed by atoms with E-state index in [1.165, 1.54) is 26.4 Å². The maximum Gasteiger partial charge on any atom is 0.247 e. The number of aliphatic hydroxyl groups excluding tert-OH is 3. The van der Waals surface area contributed by atoms with Gasteiger partial charge in [-0.05, 0) is 98.3 Å². The van der Waals surface area contributed by atoms with Crippen LogP contribution in [0.25, 0.3) is 0 Å². The van der Waals surface area contributed by atoms with E-state index in [4.69, 9.17) is 9.47 Å². The Bertz CT molecular complexity index is 1240. The standard InChI is InChI=1S/C33H44N2O7/c1-41-26-11-21(16-37)10-23-27-24(31(39)34-5-6-36)12-25(28(38)30(27)42-29(23)26)35(32(40)22-3-2-4-22)17-33-13-18-7-19(14-33)9-20(8-18)15-33/h10-12,18-20,22,25,27-28,30,36-38H,2-9,13-17H2,1H3,(H,34,39)/t18?,19?,20?,25-,27+,28+,30+,33?/m1/s1. The molecule has 1 aromatic carbocycles. The molecule has 4 N–H and O–H groups in total. The molecule has 0 aromatic heterocycles. The average molecular weight is 581 g/mol. The minimum atomic E-state index is -1.06. The first-order valence-corrected chi connectivity index (χ1v) is 15.9. The number of fused-ring (bicyclic) bond motifs is 3. The summed E-state index contributed by atoms with van der Waals surface area (Å²) in [5.74, 6) is 2.15. The van der Waals surface area contributed by atoms with Crippen molar-refractivity contribution in [1.29, 1.82) is 0 Å². The largest absolute Gasteiger partial charge is 0.493 e. The fraction of sp³-hybridized carbons (Fsp3) is 0.697. The summed E-state index contributed by atoms with van der Waals surface area (Å²) in [5, 5.41) is 34.2. The fourth-order valence-electron chi connectivity index (χ4n) is 9.68. The van der Waals surface area contributed by atoms with Gasteiger partial charge in [-0.3, -0.25) is 9.59 Å². The van der Waals surface area contributed by atoms with E-state index in [0.29, 0.717) is 34.7 Å². The Balaban J connectivity index is 1.29. The van der Waals surface area contributed by atoms with Crippen LogP contribution < -0.4 is 14.8 Å². The zero-order valence-corrected chi connectivity index (χ0v) is 24.5. The normalized spacial score (nSPS) is 35.9. The van der Waals surface area contributed by atoms with Crippen LogP contribution in [-0.2, 0) is 16.2 Å². The number of carbonyl (C=O) groups excluding carboxylic acids is 2. The van der Waals surface area contributed by atoms with Gasteiger partial charge in [-0.2, -0.15) is 0 Å². The molecule has 0 radical (unpaired) electrons. The summed E-state index contributed by atoms with van der Waals surface area (Å²) in [6.07, 6.45) is 10.0. The van der Waals surface area contributed by atoms with Gasteiger partial charge in [-0.15, -0.1) is 0 Å². The van der Waals surface area contributed by atoms with Crippen molar-refractivity contribution in [1.82, 2.24) is 10.2 Å².